The van der Waals surface area contributed by atoms with E-state index < -0.39 is 0 Å². The summed E-state index contributed by atoms with van der Waals surface area (Å²) in [6.45, 7) is 6.16. The van der Waals surface area contributed by atoms with Crippen molar-refractivity contribution < 1.29 is 9.90 Å². The lowest BCUT2D eigenvalue weighted by Crippen LogP contribution is -2.44. The third kappa shape index (κ3) is 2.25. The van der Waals surface area contributed by atoms with Crippen LogP contribution in [0, 0.1) is 12.3 Å². The Hall–Kier alpha value is -1.62. The van der Waals surface area contributed by atoms with Gasteiger partial charge in [-0.1, -0.05) is 13.8 Å². The second-order valence-electron chi connectivity index (χ2n) is 7.44. The zero-order valence-corrected chi connectivity index (χ0v) is 15.1. The second-order valence-corrected chi connectivity index (χ2v) is 7.44. The van der Waals surface area contributed by atoms with E-state index in [2.05, 4.69) is 6.92 Å². The van der Waals surface area contributed by atoms with E-state index >= 15 is 0 Å². The van der Waals surface area contributed by atoms with Gasteiger partial charge in [0.05, 0.1) is 6.61 Å². The summed E-state index contributed by atoms with van der Waals surface area (Å²) < 4.78 is 1.61. The standard InChI is InChI=1S/C19H28N2O3/c1-5-15-12(3)9-14(17(23)20(15)4)18(24)21-13-7-8-16(21)19(6-2,10-13)11-22/h9,13,16,22H,5-8,10-11H2,1-4H3/t13-,16+,19-/m0/s1. The Balaban J connectivity index is 2.01. The van der Waals surface area contributed by atoms with Crippen molar-refractivity contribution in [3.63, 3.8) is 0 Å². The molecular weight excluding hydrogens is 304 g/mol. The molecule has 24 heavy (non-hydrogen) atoms. The van der Waals surface area contributed by atoms with Gasteiger partial charge in [-0.3, -0.25) is 9.59 Å². The molecule has 0 spiro atoms. The number of amides is 1. The van der Waals surface area contributed by atoms with Crippen LogP contribution in [0.5, 0.6) is 0 Å². The van der Waals surface area contributed by atoms with Gasteiger partial charge in [-0.2, -0.15) is 0 Å². The molecule has 2 fully saturated rings. The minimum atomic E-state index is -0.208. The molecule has 5 heteroatoms. The Morgan fingerprint density at radius 1 is 1.38 bits per heavy atom. The largest absolute Gasteiger partial charge is 0.396 e. The molecule has 1 aromatic heterocycles. The molecule has 2 saturated heterocycles. The highest BCUT2D eigenvalue weighted by molar-refractivity contribution is 5.95. The maximum atomic E-state index is 13.2. The molecule has 2 bridgehead atoms. The van der Waals surface area contributed by atoms with Gasteiger partial charge in [-0.15, -0.1) is 0 Å². The smallest absolute Gasteiger partial charge is 0.263 e. The Morgan fingerprint density at radius 3 is 2.62 bits per heavy atom. The average molecular weight is 332 g/mol. The van der Waals surface area contributed by atoms with Crippen molar-refractivity contribution in [2.24, 2.45) is 12.5 Å². The number of fused-ring (bicyclic) bond motifs is 2. The van der Waals surface area contributed by atoms with E-state index in [9.17, 15) is 14.7 Å². The summed E-state index contributed by atoms with van der Waals surface area (Å²) in [4.78, 5) is 27.8. The summed E-state index contributed by atoms with van der Waals surface area (Å²) in [5.41, 5.74) is 1.83. The van der Waals surface area contributed by atoms with Crippen molar-refractivity contribution in [2.75, 3.05) is 6.61 Å². The van der Waals surface area contributed by atoms with Crippen LogP contribution in [0.2, 0.25) is 0 Å². The number of aliphatic hydroxyl groups excluding tert-OH is 1. The first kappa shape index (κ1) is 17.2. The highest BCUT2D eigenvalue weighted by atomic mass is 16.3. The van der Waals surface area contributed by atoms with Gasteiger partial charge in [0.15, 0.2) is 0 Å². The summed E-state index contributed by atoms with van der Waals surface area (Å²) in [6, 6.07) is 1.97. The Bertz CT molecular complexity index is 718. The number of aryl methyl sites for hydroxylation is 1. The lowest BCUT2D eigenvalue weighted by atomic mass is 9.72. The molecule has 3 atom stereocenters. The number of rotatable bonds is 4. The highest BCUT2D eigenvalue weighted by Crippen LogP contribution is 2.51. The maximum absolute atomic E-state index is 13.2. The Kier molecular flexibility index (Phi) is 4.32. The first-order valence-electron chi connectivity index (χ1n) is 9.03. The maximum Gasteiger partial charge on any atom is 0.263 e. The van der Waals surface area contributed by atoms with Gasteiger partial charge in [0.2, 0.25) is 0 Å². The second kappa shape index (κ2) is 6.03. The van der Waals surface area contributed by atoms with E-state index in [0.717, 1.165) is 43.4 Å². The van der Waals surface area contributed by atoms with Crippen LogP contribution in [-0.2, 0) is 13.5 Å². The molecule has 1 aromatic rings. The number of hydrogen-bond donors (Lipinski definition) is 1. The fourth-order valence-corrected chi connectivity index (χ4v) is 5.00. The van der Waals surface area contributed by atoms with Gasteiger partial charge >= 0.3 is 0 Å². The summed E-state index contributed by atoms with van der Waals surface area (Å²) in [6.07, 6.45) is 4.38. The Morgan fingerprint density at radius 2 is 2.08 bits per heavy atom. The first-order chi connectivity index (χ1) is 11.4. The fourth-order valence-electron chi connectivity index (χ4n) is 5.00. The van der Waals surface area contributed by atoms with Crippen LogP contribution >= 0.6 is 0 Å². The summed E-state index contributed by atoms with van der Waals surface area (Å²) in [5.74, 6) is -0.155. The number of hydrogen-bond acceptors (Lipinski definition) is 3. The molecule has 1 N–H and O–H groups in total. The van der Waals surface area contributed by atoms with Crippen LogP contribution < -0.4 is 5.56 Å². The summed E-state index contributed by atoms with van der Waals surface area (Å²) >= 11 is 0. The minimum Gasteiger partial charge on any atom is -0.396 e. The van der Waals surface area contributed by atoms with Crippen LogP contribution in [0.15, 0.2) is 10.9 Å². The molecule has 0 radical (unpaired) electrons. The summed E-state index contributed by atoms with van der Waals surface area (Å²) in [7, 11) is 1.74. The van der Waals surface area contributed by atoms with E-state index in [1.54, 1.807) is 17.7 Å². The third-order valence-electron chi connectivity index (χ3n) is 6.43. The predicted molar refractivity (Wildman–Crippen MR) is 93.2 cm³/mol. The van der Waals surface area contributed by atoms with E-state index in [-0.39, 0.29) is 41.1 Å². The Labute approximate surface area is 143 Å². The monoisotopic (exact) mass is 332 g/mol. The SMILES string of the molecule is CCc1c(C)cc(C(=O)N2[C@H]3CC[C@@H]2[C@](CC)(CO)C3)c(=O)n1C. The van der Waals surface area contributed by atoms with Crippen molar-refractivity contribution in [1.82, 2.24) is 9.47 Å². The molecule has 3 rings (SSSR count). The zero-order chi connectivity index (χ0) is 17.6. The molecule has 0 aliphatic carbocycles. The number of carbonyl (C=O) groups is 1. The van der Waals surface area contributed by atoms with Crippen molar-refractivity contribution in [2.45, 2.75) is 65.0 Å². The highest BCUT2D eigenvalue weighted by Gasteiger charge is 2.56. The molecule has 2 aliphatic rings. The van der Waals surface area contributed by atoms with E-state index in [1.807, 2.05) is 18.7 Å². The molecule has 0 aromatic carbocycles. The van der Waals surface area contributed by atoms with E-state index in [1.165, 1.54) is 0 Å². The first-order valence-corrected chi connectivity index (χ1v) is 9.03. The number of pyridine rings is 1. The van der Waals surface area contributed by atoms with Gasteiger partial charge in [0.1, 0.15) is 5.56 Å². The van der Waals surface area contributed by atoms with Crippen molar-refractivity contribution in [3.05, 3.63) is 33.2 Å². The molecule has 2 aliphatic heterocycles. The quantitative estimate of drug-likeness (QED) is 0.917. The third-order valence-corrected chi connectivity index (χ3v) is 6.43. The van der Waals surface area contributed by atoms with E-state index in [4.69, 9.17) is 0 Å². The fraction of sp³-hybridized carbons (Fsp3) is 0.684. The van der Waals surface area contributed by atoms with Crippen LogP contribution in [0.1, 0.15) is 61.1 Å². The number of nitrogens with zero attached hydrogens (tertiary/aromatic N) is 2. The van der Waals surface area contributed by atoms with Gasteiger partial charge < -0.3 is 14.6 Å². The zero-order valence-electron chi connectivity index (χ0n) is 15.1. The van der Waals surface area contributed by atoms with Crippen LogP contribution in [0.4, 0.5) is 0 Å². The lowest BCUT2D eigenvalue weighted by Gasteiger charge is -2.34. The number of aliphatic hydroxyl groups is 1. The van der Waals surface area contributed by atoms with Crippen LogP contribution in [0.25, 0.3) is 0 Å². The van der Waals surface area contributed by atoms with Crippen molar-refractivity contribution >= 4 is 5.91 Å². The van der Waals surface area contributed by atoms with Crippen LogP contribution in [-0.4, -0.2) is 39.2 Å². The van der Waals surface area contributed by atoms with Crippen LogP contribution in [0.3, 0.4) is 0 Å². The average Bonchev–Trinajstić information content (AvgIpc) is 3.14. The minimum absolute atomic E-state index is 0.0564. The molecular formula is C19H28N2O3. The molecule has 3 heterocycles. The molecule has 1 amide bonds. The van der Waals surface area contributed by atoms with E-state index in [0.29, 0.717) is 0 Å². The molecule has 5 nitrogen and oxygen atoms in total. The topological polar surface area (TPSA) is 62.5 Å². The van der Waals surface area contributed by atoms with Crippen molar-refractivity contribution in [3.8, 4) is 0 Å². The number of aromatic nitrogens is 1. The molecule has 0 unspecified atom stereocenters. The van der Waals surface area contributed by atoms with Gasteiger partial charge in [-0.05, 0) is 50.7 Å². The predicted octanol–water partition coefficient (Wildman–Crippen LogP) is 2.02. The summed E-state index contributed by atoms with van der Waals surface area (Å²) in [5, 5.41) is 9.92. The molecule has 132 valence electrons. The normalized spacial score (nSPS) is 28.6. The van der Waals surface area contributed by atoms with Crippen molar-refractivity contribution in [1.29, 1.82) is 0 Å². The molecule has 0 saturated carbocycles. The van der Waals surface area contributed by atoms with Gasteiger partial charge in [0.25, 0.3) is 11.5 Å². The van der Waals surface area contributed by atoms with Gasteiger partial charge in [-0.25, -0.2) is 0 Å². The van der Waals surface area contributed by atoms with Gasteiger partial charge in [0, 0.05) is 30.2 Å². The number of carbonyl (C=O) groups excluding carboxylic acids is 1. The lowest BCUT2D eigenvalue weighted by molar-refractivity contribution is 0.0555.